The van der Waals surface area contributed by atoms with E-state index < -0.39 is 15.8 Å². The quantitative estimate of drug-likeness (QED) is 0.829. The molecule has 0 amide bonds. The van der Waals surface area contributed by atoms with Crippen LogP contribution in [0.4, 0.5) is 20.2 Å². The van der Waals surface area contributed by atoms with Gasteiger partial charge in [-0.25, -0.2) is 17.2 Å². The number of aromatic nitrogens is 1. The number of halogens is 2. The smallest absolute Gasteiger partial charge is 0.270 e. The molecule has 0 unspecified atom stereocenters. The summed E-state index contributed by atoms with van der Waals surface area (Å²) in [5.74, 6) is -2.55. The molecule has 0 bridgehead atoms. The van der Waals surface area contributed by atoms with Crippen molar-refractivity contribution in [2.24, 2.45) is 0 Å². The van der Waals surface area contributed by atoms with E-state index in [2.05, 4.69) is 12.0 Å². The standard InChI is InChI=1S/C18H20F2N3O2S/c1-5-26(24,25)15-7-6-10-22(3)16(15)17-21-13-11-12(18(2,19)20)8-9-14(13)23(17)4/h6-11,21H,3,5H2,1-2,4H3/q+1. The van der Waals surface area contributed by atoms with Gasteiger partial charge in [-0.05, 0) is 18.2 Å². The van der Waals surface area contributed by atoms with Crippen molar-refractivity contribution in [1.82, 2.24) is 0 Å². The molecule has 0 fully saturated rings. The molecule has 0 saturated carbocycles. The maximum atomic E-state index is 13.6. The summed E-state index contributed by atoms with van der Waals surface area (Å²) in [6.45, 7) is 6.28. The van der Waals surface area contributed by atoms with E-state index in [1.54, 1.807) is 37.2 Å². The van der Waals surface area contributed by atoms with Gasteiger partial charge in [0.05, 0.1) is 17.1 Å². The first kappa shape index (κ1) is 18.3. The molecule has 1 aromatic carbocycles. The summed E-state index contributed by atoms with van der Waals surface area (Å²) in [5.41, 5.74) is 1.05. The second-order valence-electron chi connectivity index (χ2n) is 6.25. The molecule has 2 heterocycles. The molecule has 1 aromatic heterocycles. The lowest BCUT2D eigenvalue weighted by molar-refractivity contribution is -0.517. The lowest BCUT2D eigenvalue weighted by Gasteiger charge is -2.13. The van der Waals surface area contributed by atoms with E-state index in [0.717, 1.165) is 6.92 Å². The Morgan fingerprint density at radius 1 is 1.31 bits per heavy atom. The number of nitrogens with one attached hydrogen (secondary N) is 1. The van der Waals surface area contributed by atoms with Crippen LogP contribution in [0.5, 0.6) is 0 Å². The first-order valence-corrected chi connectivity index (χ1v) is 9.70. The van der Waals surface area contributed by atoms with Gasteiger partial charge in [-0.1, -0.05) is 13.0 Å². The Hall–Kier alpha value is -2.48. The highest BCUT2D eigenvalue weighted by atomic mass is 32.2. The van der Waals surface area contributed by atoms with Gasteiger partial charge in [0.25, 0.3) is 11.3 Å². The second-order valence-corrected chi connectivity index (χ2v) is 8.49. The number of hydrogen-bond donors (Lipinski definition) is 1. The molecule has 0 radical (unpaired) electrons. The van der Waals surface area contributed by atoms with Crippen LogP contribution < -0.4 is 19.8 Å². The fraction of sp³-hybridized carbons (Fsp3) is 0.278. The van der Waals surface area contributed by atoms with Crippen molar-refractivity contribution in [3.8, 4) is 0 Å². The summed E-state index contributed by atoms with van der Waals surface area (Å²) >= 11 is 0. The number of benzene rings is 1. The second kappa shape index (κ2) is 6.05. The Morgan fingerprint density at radius 3 is 2.62 bits per heavy atom. The Bertz CT molecular complexity index is 1090. The minimum Gasteiger partial charge on any atom is -0.334 e. The minimum atomic E-state index is -3.50. The molecule has 138 valence electrons. The number of hydrogen-bond acceptors (Lipinski definition) is 4. The molecule has 0 saturated heterocycles. The molecule has 26 heavy (non-hydrogen) atoms. The fourth-order valence-corrected chi connectivity index (χ4v) is 4.05. The van der Waals surface area contributed by atoms with Crippen molar-refractivity contribution in [3.63, 3.8) is 0 Å². The first-order valence-electron chi connectivity index (χ1n) is 8.05. The summed E-state index contributed by atoms with van der Waals surface area (Å²) < 4.78 is 53.7. The monoisotopic (exact) mass is 380 g/mol. The summed E-state index contributed by atoms with van der Waals surface area (Å²) in [6.07, 6.45) is 1.64. The van der Waals surface area contributed by atoms with Gasteiger partial charge in [0.15, 0.2) is 21.9 Å². The van der Waals surface area contributed by atoms with Crippen LogP contribution in [0.25, 0.3) is 5.82 Å². The van der Waals surface area contributed by atoms with Crippen LogP contribution in [0.15, 0.2) is 41.4 Å². The molecule has 0 aliphatic carbocycles. The third kappa shape index (κ3) is 2.94. The van der Waals surface area contributed by atoms with Gasteiger partial charge in [-0.3, -0.25) is 0 Å². The van der Waals surface area contributed by atoms with Crippen LogP contribution in [-0.2, 0) is 15.8 Å². The number of pyridine rings is 1. The van der Waals surface area contributed by atoms with Crippen molar-refractivity contribution >= 4 is 27.0 Å². The van der Waals surface area contributed by atoms with Crippen molar-refractivity contribution < 1.29 is 21.4 Å². The molecule has 0 atom stereocenters. The Morgan fingerprint density at radius 2 is 2.00 bits per heavy atom. The highest BCUT2D eigenvalue weighted by molar-refractivity contribution is 7.91. The largest absolute Gasteiger partial charge is 0.334 e. The predicted octanol–water partition coefficient (Wildman–Crippen LogP) is 2.15. The van der Waals surface area contributed by atoms with E-state index in [9.17, 15) is 17.2 Å². The number of sulfone groups is 1. The van der Waals surface area contributed by atoms with E-state index >= 15 is 0 Å². The van der Waals surface area contributed by atoms with Gasteiger partial charge >= 0.3 is 0 Å². The maximum absolute atomic E-state index is 13.6. The van der Waals surface area contributed by atoms with Crippen molar-refractivity contribution in [3.05, 3.63) is 54.2 Å². The molecule has 8 heteroatoms. The predicted molar refractivity (Wildman–Crippen MR) is 96.2 cm³/mol. The van der Waals surface area contributed by atoms with Crippen LogP contribution in [0, 0.1) is 6.72 Å². The molecule has 1 aliphatic rings. The molecule has 2 aromatic rings. The Balaban J connectivity index is 2.29. The van der Waals surface area contributed by atoms with E-state index in [-0.39, 0.29) is 16.2 Å². The number of anilines is 2. The Labute approximate surface area is 150 Å². The summed E-state index contributed by atoms with van der Waals surface area (Å²) in [5, 5.41) is 3.45. The number of alkyl halides is 2. The zero-order valence-corrected chi connectivity index (χ0v) is 15.6. The van der Waals surface area contributed by atoms with Gasteiger partial charge < -0.3 is 10.2 Å². The van der Waals surface area contributed by atoms with E-state index in [1.165, 1.54) is 22.4 Å². The average Bonchev–Trinajstić information content (AvgIpc) is 2.90. The maximum Gasteiger partial charge on any atom is 0.270 e. The average molecular weight is 380 g/mol. The molecule has 5 nitrogen and oxygen atoms in total. The third-order valence-electron chi connectivity index (χ3n) is 4.43. The van der Waals surface area contributed by atoms with E-state index in [0.29, 0.717) is 22.5 Å². The first-order chi connectivity index (χ1) is 12.1. The topological polar surface area (TPSA) is 55.3 Å². The molecule has 1 N–H and O–H groups in total. The molecular formula is C18H20F2N3O2S+. The van der Waals surface area contributed by atoms with Gasteiger partial charge in [0.1, 0.15) is 11.6 Å². The fourth-order valence-electron chi connectivity index (χ4n) is 2.94. The van der Waals surface area contributed by atoms with Crippen LogP contribution in [-0.4, -0.2) is 21.2 Å². The highest BCUT2D eigenvalue weighted by Gasteiger charge is 2.31. The minimum absolute atomic E-state index is 0.0554. The van der Waals surface area contributed by atoms with Crippen LogP contribution in [0.1, 0.15) is 19.4 Å². The summed E-state index contributed by atoms with van der Waals surface area (Å²) in [6, 6.07) is 7.47. The zero-order chi connectivity index (χ0) is 19.3. The molecule has 0 spiro atoms. The lowest BCUT2D eigenvalue weighted by atomic mass is 10.1. The van der Waals surface area contributed by atoms with Crippen LogP contribution in [0.2, 0.25) is 0 Å². The number of fused-ring (bicyclic) bond motifs is 1. The molecular weight excluding hydrogens is 360 g/mol. The number of rotatable bonds is 3. The van der Waals surface area contributed by atoms with Crippen molar-refractivity contribution in [2.75, 3.05) is 23.0 Å². The van der Waals surface area contributed by atoms with Gasteiger partial charge in [-0.2, -0.15) is 4.24 Å². The summed E-state index contributed by atoms with van der Waals surface area (Å²) in [7, 11) is -1.76. The SMILES string of the molecule is C=[n+]1cccc(S(=O)(=O)CC)c1=C1Nc2cc(C(C)(F)F)ccc2N1C. The normalized spacial score (nSPS) is 16.4. The highest BCUT2D eigenvalue weighted by Crippen LogP contribution is 2.39. The van der Waals surface area contributed by atoms with Crippen LogP contribution in [0.3, 0.4) is 0 Å². The zero-order valence-electron chi connectivity index (χ0n) is 14.8. The van der Waals surface area contributed by atoms with Crippen molar-refractivity contribution in [2.45, 2.75) is 24.7 Å². The van der Waals surface area contributed by atoms with Crippen molar-refractivity contribution in [1.29, 1.82) is 0 Å². The van der Waals surface area contributed by atoms with Gasteiger partial charge in [0, 0.05) is 25.6 Å². The number of nitrogens with zero attached hydrogens (tertiary/aromatic N) is 2. The third-order valence-corrected chi connectivity index (χ3v) is 6.19. The lowest BCUT2D eigenvalue weighted by Crippen LogP contribution is -2.44. The van der Waals surface area contributed by atoms with Gasteiger partial charge in [0.2, 0.25) is 0 Å². The Kier molecular flexibility index (Phi) is 4.26. The van der Waals surface area contributed by atoms with E-state index in [4.69, 9.17) is 0 Å². The van der Waals surface area contributed by atoms with Gasteiger partial charge in [-0.15, -0.1) is 0 Å². The van der Waals surface area contributed by atoms with Crippen LogP contribution >= 0.6 is 0 Å². The molecule has 3 rings (SSSR count). The van der Waals surface area contributed by atoms with E-state index in [1.807, 2.05) is 0 Å². The molecule has 1 aliphatic heterocycles. The summed E-state index contributed by atoms with van der Waals surface area (Å²) in [4.78, 5) is 1.87.